The molecule has 0 aliphatic heterocycles. The van der Waals surface area contributed by atoms with E-state index >= 15 is 0 Å². The smallest absolute Gasteiger partial charge is 0.267 e. The quantitative estimate of drug-likeness (QED) is 0.538. The Hall–Kier alpha value is -2.48. The second kappa shape index (κ2) is 7.64. The van der Waals surface area contributed by atoms with E-state index in [4.69, 9.17) is 0 Å². The zero-order valence-electron chi connectivity index (χ0n) is 14.3. The number of fused-ring (bicyclic) bond motifs is 1. The van der Waals surface area contributed by atoms with Crippen molar-refractivity contribution in [3.63, 3.8) is 0 Å². The van der Waals surface area contributed by atoms with Crippen molar-refractivity contribution < 1.29 is 13.2 Å². The van der Waals surface area contributed by atoms with Crippen LogP contribution in [0.15, 0.2) is 56.8 Å². The molecule has 1 heterocycles. The highest BCUT2D eigenvalue weighted by atomic mass is 79.9. The molecule has 2 aromatic carbocycles. The largest absolute Gasteiger partial charge is 0.417 e. The number of hydrogen-bond acceptors (Lipinski definition) is 3. The maximum Gasteiger partial charge on any atom is 0.417 e. The first-order chi connectivity index (χ1) is 12.8. The Morgan fingerprint density at radius 1 is 1.22 bits per heavy atom. The number of halogens is 4. The molecule has 0 bridgehead atoms. The number of benzene rings is 2. The van der Waals surface area contributed by atoms with Gasteiger partial charge < -0.3 is 0 Å². The third kappa shape index (κ3) is 4.10. The van der Waals surface area contributed by atoms with Gasteiger partial charge in [-0.3, -0.25) is 4.79 Å². The molecule has 0 amide bonds. The lowest BCUT2D eigenvalue weighted by molar-refractivity contribution is -0.137. The number of nitrogens with zero attached hydrogens (tertiary/aromatic N) is 3. The summed E-state index contributed by atoms with van der Waals surface area (Å²) in [5, 5.41) is 4.39. The van der Waals surface area contributed by atoms with Crippen LogP contribution in [0.5, 0.6) is 0 Å². The fraction of sp³-hybridized carbons (Fsp3) is 0.211. The van der Waals surface area contributed by atoms with E-state index in [0.29, 0.717) is 34.0 Å². The van der Waals surface area contributed by atoms with Crippen molar-refractivity contribution in [2.75, 3.05) is 0 Å². The third-order valence-electron chi connectivity index (χ3n) is 3.93. The maximum atomic E-state index is 13.2. The zero-order chi connectivity index (χ0) is 19.6. The fourth-order valence-electron chi connectivity index (χ4n) is 2.69. The summed E-state index contributed by atoms with van der Waals surface area (Å²) in [6, 6.07) is 10.2. The summed E-state index contributed by atoms with van der Waals surface area (Å²) in [7, 11) is 0. The Kier molecular flexibility index (Phi) is 5.46. The maximum absolute atomic E-state index is 13.2. The molecule has 0 saturated heterocycles. The molecule has 0 spiro atoms. The first-order valence-corrected chi connectivity index (χ1v) is 9.02. The van der Waals surface area contributed by atoms with Crippen LogP contribution in [0.2, 0.25) is 0 Å². The van der Waals surface area contributed by atoms with Crippen LogP contribution in [0, 0.1) is 0 Å². The second-order valence-corrected chi connectivity index (χ2v) is 6.80. The van der Waals surface area contributed by atoms with Gasteiger partial charge in [0.25, 0.3) is 5.56 Å². The average molecular weight is 438 g/mol. The number of aromatic nitrogens is 2. The van der Waals surface area contributed by atoms with E-state index in [1.807, 2.05) is 6.92 Å². The molecule has 0 aliphatic carbocycles. The van der Waals surface area contributed by atoms with Crippen LogP contribution in [-0.4, -0.2) is 15.9 Å². The van der Waals surface area contributed by atoms with E-state index < -0.39 is 17.3 Å². The van der Waals surface area contributed by atoms with Gasteiger partial charge >= 0.3 is 6.18 Å². The highest BCUT2D eigenvalue weighted by Crippen LogP contribution is 2.31. The molecule has 0 fully saturated rings. The van der Waals surface area contributed by atoms with Gasteiger partial charge in [-0.1, -0.05) is 41.1 Å². The van der Waals surface area contributed by atoms with Crippen molar-refractivity contribution in [1.29, 1.82) is 0 Å². The minimum atomic E-state index is -4.51. The number of hydrogen-bond donors (Lipinski definition) is 0. The van der Waals surface area contributed by atoms with Crippen molar-refractivity contribution in [1.82, 2.24) is 9.66 Å². The van der Waals surface area contributed by atoms with Crippen LogP contribution >= 0.6 is 15.9 Å². The van der Waals surface area contributed by atoms with Crippen molar-refractivity contribution in [3.05, 3.63) is 74.2 Å². The van der Waals surface area contributed by atoms with Crippen LogP contribution in [0.4, 0.5) is 13.2 Å². The van der Waals surface area contributed by atoms with E-state index in [1.165, 1.54) is 18.2 Å². The van der Waals surface area contributed by atoms with Gasteiger partial charge in [0, 0.05) is 16.5 Å². The first kappa shape index (κ1) is 19.3. The van der Waals surface area contributed by atoms with Gasteiger partial charge in [0.1, 0.15) is 5.82 Å². The standard InChI is InChI=1S/C19H15BrF3N3O/c1-2-5-17-25-16-9-8-13(20)10-14(16)18(27)26(17)24-11-12-6-3-4-7-15(12)19(21,22)23/h3-4,6-11H,2,5H2,1H3. The van der Waals surface area contributed by atoms with Gasteiger partial charge in [0.2, 0.25) is 0 Å². The van der Waals surface area contributed by atoms with Gasteiger partial charge in [-0.2, -0.15) is 22.9 Å². The summed E-state index contributed by atoms with van der Waals surface area (Å²) < 4.78 is 41.3. The van der Waals surface area contributed by atoms with Gasteiger partial charge in [-0.25, -0.2) is 4.98 Å². The highest BCUT2D eigenvalue weighted by Gasteiger charge is 2.32. The summed E-state index contributed by atoms with van der Waals surface area (Å²) in [4.78, 5) is 17.3. The van der Waals surface area contributed by atoms with Gasteiger partial charge in [-0.05, 0) is 30.7 Å². The van der Waals surface area contributed by atoms with Crippen molar-refractivity contribution in [2.45, 2.75) is 25.9 Å². The van der Waals surface area contributed by atoms with Crippen molar-refractivity contribution in [3.8, 4) is 0 Å². The Morgan fingerprint density at radius 2 is 1.96 bits per heavy atom. The average Bonchev–Trinajstić information content (AvgIpc) is 2.62. The molecule has 0 aliphatic rings. The molecular weight excluding hydrogens is 423 g/mol. The minimum Gasteiger partial charge on any atom is -0.267 e. The number of rotatable bonds is 4. The molecular formula is C19H15BrF3N3O. The molecule has 0 saturated carbocycles. The second-order valence-electron chi connectivity index (χ2n) is 5.89. The van der Waals surface area contributed by atoms with Crippen LogP contribution in [0.25, 0.3) is 10.9 Å². The molecule has 140 valence electrons. The molecule has 3 rings (SSSR count). The van der Waals surface area contributed by atoms with Crippen LogP contribution in [0.3, 0.4) is 0 Å². The lowest BCUT2D eigenvalue weighted by Gasteiger charge is -2.11. The molecule has 0 radical (unpaired) electrons. The molecule has 0 N–H and O–H groups in total. The number of alkyl halides is 3. The fourth-order valence-corrected chi connectivity index (χ4v) is 3.05. The summed E-state index contributed by atoms with van der Waals surface area (Å²) >= 11 is 3.31. The van der Waals surface area contributed by atoms with Crippen LogP contribution in [-0.2, 0) is 12.6 Å². The monoisotopic (exact) mass is 437 g/mol. The molecule has 8 heteroatoms. The van der Waals surface area contributed by atoms with E-state index in [1.54, 1.807) is 18.2 Å². The predicted molar refractivity (Wildman–Crippen MR) is 102 cm³/mol. The van der Waals surface area contributed by atoms with Crippen LogP contribution in [0.1, 0.15) is 30.3 Å². The minimum absolute atomic E-state index is 0.117. The Morgan fingerprint density at radius 3 is 2.67 bits per heavy atom. The molecule has 4 nitrogen and oxygen atoms in total. The summed E-state index contributed by atoms with van der Waals surface area (Å²) in [6.45, 7) is 1.92. The zero-order valence-corrected chi connectivity index (χ0v) is 15.9. The van der Waals surface area contributed by atoms with E-state index in [-0.39, 0.29) is 5.56 Å². The topological polar surface area (TPSA) is 47.2 Å². The number of aryl methyl sites for hydroxylation is 1. The summed E-state index contributed by atoms with van der Waals surface area (Å²) in [5.74, 6) is 0.401. The predicted octanol–water partition coefficient (Wildman–Crippen LogP) is 5.01. The van der Waals surface area contributed by atoms with Crippen molar-refractivity contribution in [2.24, 2.45) is 5.10 Å². The molecule has 27 heavy (non-hydrogen) atoms. The summed E-state index contributed by atoms with van der Waals surface area (Å²) in [6.07, 6.45) is -2.27. The Balaban J connectivity index is 2.17. The van der Waals surface area contributed by atoms with Crippen LogP contribution < -0.4 is 5.56 Å². The van der Waals surface area contributed by atoms with Gasteiger partial charge in [-0.15, -0.1) is 0 Å². The van der Waals surface area contributed by atoms with E-state index in [0.717, 1.165) is 17.0 Å². The van der Waals surface area contributed by atoms with Gasteiger partial charge in [0.15, 0.2) is 0 Å². The first-order valence-electron chi connectivity index (χ1n) is 8.23. The third-order valence-corrected chi connectivity index (χ3v) is 4.42. The molecule has 1 aromatic heterocycles. The highest BCUT2D eigenvalue weighted by molar-refractivity contribution is 9.10. The molecule has 3 aromatic rings. The lowest BCUT2D eigenvalue weighted by atomic mass is 10.1. The van der Waals surface area contributed by atoms with E-state index in [2.05, 4.69) is 26.0 Å². The SMILES string of the molecule is CCCc1nc2ccc(Br)cc2c(=O)n1N=Cc1ccccc1C(F)(F)F. The molecule has 0 atom stereocenters. The molecule has 0 unspecified atom stereocenters. The Labute approximate surface area is 161 Å². The lowest BCUT2D eigenvalue weighted by Crippen LogP contribution is -2.22. The normalized spacial score (nSPS) is 12.2. The van der Waals surface area contributed by atoms with Gasteiger partial charge in [0.05, 0.1) is 22.7 Å². The van der Waals surface area contributed by atoms with E-state index in [9.17, 15) is 18.0 Å². The Bertz CT molecular complexity index is 1070. The summed E-state index contributed by atoms with van der Waals surface area (Å²) in [5.41, 5.74) is -0.830. The van der Waals surface area contributed by atoms with Crippen molar-refractivity contribution >= 4 is 33.0 Å².